The van der Waals surface area contributed by atoms with Gasteiger partial charge in [0.25, 0.3) is 0 Å². The van der Waals surface area contributed by atoms with Crippen LogP contribution in [0.5, 0.6) is 0 Å². The molecular weight excluding hydrogens is 244 g/mol. The van der Waals surface area contributed by atoms with E-state index in [-0.39, 0.29) is 22.5 Å². The molecule has 1 heterocycles. The van der Waals surface area contributed by atoms with Gasteiger partial charge in [0.1, 0.15) is 0 Å². The first-order valence-electron chi connectivity index (χ1n) is 4.07. The minimum absolute atomic E-state index is 0.0198. The smallest absolute Gasteiger partial charge is 0.205 e. The van der Waals surface area contributed by atoms with Crippen molar-refractivity contribution >= 4 is 29.5 Å². The average molecular weight is 256 g/mol. The Morgan fingerprint density at radius 1 is 1.50 bits per heavy atom. The molecule has 14 heavy (non-hydrogen) atoms. The summed E-state index contributed by atoms with van der Waals surface area (Å²) in [6.07, 6.45) is 1.75. The third-order valence-electron chi connectivity index (χ3n) is 1.80. The highest BCUT2D eigenvalue weighted by Crippen LogP contribution is 2.29. The van der Waals surface area contributed by atoms with Gasteiger partial charge in [0.2, 0.25) is 8.87 Å². The van der Waals surface area contributed by atoms with Gasteiger partial charge in [0, 0.05) is 5.25 Å². The van der Waals surface area contributed by atoms with Crippen molar-refractivity contribution in [2.24, 2.45) is 0 Å². The number of sulfone groups is 1. The van der Waals surface area contributed by atoms with Crippen LogP contribution in [0.4, 0.5) is 0 Å². The second-order valence-corrected chi connectivity index (χ2v) is 9.77. The van der Waals surface area contributed by atoms with Crippen molar-refractivity contribution in [3.05, 3.63) is 12.7 Å². The maximum absolute atomic E-state index is 11.3. The summed E-state index contributed by atoms with van der Waals surface area (Å²) in [5, 5.41) is -0.301. The van der Waals surface area contributed by atoms with Crippen molar-refractivity contribution in [2.75, 3.05) is 17.3 Å². The minimum atomic E-state index is -3.23. The fourth-order valence-corrected chi connectivity index (χ4v) is 7.32. The second-order valence-electron chi connectivity index (χ2n) is 3.13. The maximum Gasteiger partial charge on any atom is 0.205 e. The van der Waals surface area contributed by atoms with E-state index in [0.29, 0.717) is 6.42 Å². The largest absolute Gasteiger partial charge is 0.229 e. The van der Waals surface area contributed by atoms with Crippen molar-refractivity contribution in [3.63, 3.8) is 0 Å². The minimum Gasteiger partial charge on any atom is -0.229 e. The molecule has 0 aliphatic carbocycles. The van der Waals surface area contributed by atoms with Gasteiger partial charge in [-0.25, -0.2) is 16.8 Å². The quantitative estimate of drug-likeness (QED) is 0.539. The van der Waals surface area contributed by atoms with E-state index in [9.17, 15) is 16.8 Å². The van der Waals surface area contributed by atoms with E-state index in [4.69, 9.17) is 0 Å². The first kappa shape index (κ1) is 12.1. The lowest BCUT2D eigenvalue weighted by Crippen LogP contribution is -2.10. The van der Waals surface area contributed by atoms with Gasteiger partial charge >= 0.3 is 0 Å². The van der Waals surface area contributed by atoms with Crippen molar-refractivity contribution in [1.29, 1.82) is 0 Å². The second kappa shape index (κ2) is 4.24. The Morgan fingerprint density at radius 3 is 2.57 bits per heavy atom. The molecule has 0 radical (unpaired) electrons. The highest BCUT2D eigenvalue weighted by Gasteiger charge is 2.31. The Balaban J connectivity index is 2.60. The molecule has 0 spiro atoms. The number of hydrogen-bond donors (Lipinski definition) is 0. The summed E-state index contributed by atoms with van der Waals surface area (Å²) in [5.41, 5.74) is 0. The van der Waals surface area contributed by atoms with Crippen molar-refractivity contribution in [3.8, 4) is 0 Å². The molecule has 0 bridgehead atoms. The molecule has 0 aromatic heterocycles. The molecule has 1 aliphatic rings. The normalized spacial score (nSPS) is 26.1. The Morgan fingerprint density at radius 2 is 2.14 bits per heavy atom. The lowest BCUT2D eigenvalue weighted by Gasteiger charge is -2.05. The summed E-state index contributed by atoms with van der Waals surface area (Å²) in [4.78, 5) is 0. The van der Waals surface area contributed by atoms with Crippen LogP contribution in [0.15, 0.2) is 12.7 Å². The van der Waals surface area contributed by atoms with Crippen LogP contribution in [0.2, 0.25) is 0 Å². The van der Waals surface area contributed by atoms with E-state index < -0.39 is 18.7 Å². The van der Waals surface area contributed by atoms with Crippen LogP contribution in [-0.4, -0.2) is 39.3 Å². The van der Waals surface area contributed by atoms with Gasteiger partial charge in [0.05, 0.1) is 17.3 Å². The summed E-state index contributed by atoms with van der Waals surface area (Å²) in [7, 11) is -5.47. The Bertz CT molecular complexity index is 406. The molecule has 1 fully saturated rings. The molecule has 0 aromatic carbocycles. The van der Waals surface area contributed by atoms with Crippen LogP contribution in [-0.2, 0) is 18.7 Å². The Hall–Kier alpha value is -0.0100. The fraction of sp³-hybridized carbons (Fsp3) is 0.714. The molecule has 0 amide bonds. The zero-order chi connectivity index (χ0) is 10.8. The van der Waals surface area contributed by atoms with Gasteiger partial charge in [-0.2, -0.15) is 0 Å². The highest BCUT2D eigenvalue weighted by molar-refractivity contribution is 8.72. The molecule has 4 nitrogen and oxygen atoms in total. The topological polar surface area (TPSA) is 68.3 Å². The van der Waals surface area contributed by atoms with Crippen LogP contribution in [0.1, 0.15) is 6.42 Å². The lowest BCUT2D eigenvalue weighted by molar-refractivity contribution is 0.602. The van der Waals surface area contributed by atoms with Gasteiger partial charge in [0.15, 0.2) is 9.84 Å². The third-order valence-corrected chi connectivity index (χ3v) is 7.49. The Kier molecular flexibility index (Phi) is 3.65. The standard InChI is InChI=1S/C7H12O4S3/c1-2-4-14(10,11)12-7-3-5-13(8,9)6-7/h2,7H,1,3-6H2. The van der Waals surface area contributed by atoms with Gasteiger partial charge in [-0.3, -0.25) is 0 Å². The molecule has 7 heteroatoms. The van der Waals surface area contributed by atoms with E-state index in [0.717, 1.165) is 10.8 Å². The maximum atomic E-state index is 11.3. The molecule has 1 atom stereocenters. The number of hydrogen-bond acceptors (Lipinski definition) is 5. The van der Waals surface area contributed by atoms with Crippen LogP contribution in [0, 0.1) is 0 Å². The van der Waals surface area contributed by atoms with Crippen LogP contribution >= 0.6 is 10.8 Å². The van der Waals surface area contributed by atoms with Gasteiger partial charge in [-0.05, 0) is 17.2 Å². The third kappa shape index (κ3) is 3.62. The summed E-state index contributed by atoms with van der Waals surface area (Å²) < 4.78 is 44.7. The van der Waals surface area contributed by atoms with Gasteiger partial charge < -0.3 is 0 Å². The summed E-state index contributed by atoms with van der Waals surface area (Å²) in [6.45, 7) is 3.34. The van der Waals surface area contributed by atoms with E-state index in [2.05, 4.69) is 6.58 Å². The molecule has 82 valence electrons. The molecule has 0 aromatic rings. The predicted molar refractivity (Wildman–Crippen MR) is 58.6 cm³/mol. The molecule has 1 rings (SSSR count). The zero-order valence-electron chi connectivity index (χ0n) is 7.55. The SMILES string of the molecule is C=CCS(=O)(=O)SC1CCS(=O)(=O)C1. The molecule has 1 unspecified atom stereocenters. The van der Waals surface area contributed by atoms with E-state index in [1.807, 2.05) is 0 Å². The van der Waals surface area contributed by atoms with Crippen LogP contribution in [0.25, 0.3) is 0 Å². The summed E-state index contributed by atoms with van der Waals surface area (Å²) in [5.74, 6) is -0.0173. The average Bonchev–Trinajstić information content (AvgIpc) is 2.28. The molecule has 1 aliphatic heterocycles. The van der Waals surface area contributed by atoms with Crippen molar-refractivity contribution < 1.29 is 16.8 Å². The molecular formula is C7H12O4S3. The van der Waals surface area contributed by atoms with E-state index in [1.54, 1.807) is 0 Å². The van der Waals surface area contributed by atoms with E-state index >= 15 is 0 Å². The monoisotopic (exact) mass is 256 g/mol. The molecule has 1 saturated heterocycles. The fourth-order valence-electron chi connectivity index (χ4n) is 1.23. The van der Waals surface area contributed by atoms with Crippen molar-refractivity contribution in [2.45, 2.75) is 11.7 Å². The lowest BCUT2D eigenvalue weighted by atomic mass is 10.4. The van der Waals surface area contributed by atoms with Crippen LogP contribution in [0.3, 0.4) is 0 Å². The first-order chi connectivity index (χ1) is 6.35. The van der Waals surface area contributed by atoms with Gasteiger partial charge in [-0.15, -0.1) is 6.58 Å². The van der Waals surface area contributed by atoms with Crippen LogP contribution < -0.4 is 0 Å². The van der Waals surface area contributed by atoms with Gasteiger partial charge in [-0.1, -0.05) is 6.08 Å². The number of rotatable bonds is 4. The summed E-state index contributed by atoms with van der Waals surface area (Å²) in [6, 6.07) is 0. The first-order valence-corrected chi connectivity index (χ1v) is 8.94. The predicted octanol–water partition coefficient (Wildman–Crippen LogP) is 0.423. The summed E-state index contributed by atoms with van der Waals surface area (Å²) >= 11 is 0. The molecule has 0 saturated carbocycles. The zero-order valence-corrected chi connectivity index (χ0v) is 10.00. The Labute approximate surface area is 88.0 Å². The highest BCUT2D eigenvalue weighted by atomic mass is 33.1. The van der Waals surface area contributed by atoms with Crippen molar-refractivity contribution in [1.82, 2.24) is 0 Å². The molecule has 0 N–H and O–H groups in total. The van der Waals surface area contributed by atoms with E-state index in [1.165, 1.54) is 6.08 Å².